The Bertz CT molecular complexity index is 323. The average molecular weight is 242 g/mol. The molecule has 2 amide bonds. The summed E-state index contributed by atoms with van der Waals surface area (Å²) in [5.74, 6) is -1.00. The number of hydrogen-bond acceptors (Lipinski definition) is 3. The Kier molecular flexibility index (Phi) is 4.11. The fraction of sp³-hybridized carbons (Fsp3) is 0.636. The number of amides is 2. The van der Waals surface area contributed by atoms with Crippen molar-refractivity contribution in [3.63, 3.8) is 0 Å². The summed E-state index contributed by atoms with van der Waals surface area (Å²) in [7, 11) is 1.69. The van der Waals surface area contributed by atoms with Crippen LogP contribution in [0.3, 0.4) is 0 Å². The summed E-state index contributed by atoms with van der Waals surface area (Å²) in [5, 5.41) is 8.50. The summed E-state index contributed by atoms with van der Waals surface area (Å²) in [4.78, 5) is 25.3. The van der Waals surface area contributed by atoms with Crippen LogP contribution in [-0.4, -0.2) is 65.8 Å². The maximum absolute atomic E-state index is 11.8. The smallest absolute Gasteiger partial charge is 0.329 e. The summed E-state index contributed by atoms with van der Waals surface area (Å²) in [6.45, 7) is 6.35. The fourth-order valence-electron chi connectivity index (χ4n) is 1.74. The van der Waals surface area contributed by atoms with Crippen molar-refractivity contribution < 1.29 is 19.4 Å². The lowest BCUT2D eigenvalue weighted by atomic mass is 9.97. The Labute approximate surface area is 100 Å². The molecule has 0 bridgehead atoms. The summed E-state index contributed by atoms with van der Waals surface area (Å²) in [6, 6.07) is -0.0960. The van der Waals surface area contributed by atoms with Gasteiger partial charge in [0.05, 0.1) is 13.1 Å². The van der Waals surface area contributed by atoms with Gasteiger partial charge in [-0.05, 0) is 6.92 Å². The second-order valence-corrected chi connectivity index (χ2v) is 4.44. The molecule has 6 heteroatoms. The number of nitrogens with zero attached hydrogens (tertiary/aromatic N) is 2. The van der Waals surface area contributed by atoms with E-state index in [0.29, 0.717) is 19.6 Å². The lowest BCUT2D eigenvalue weighted by molar-refractivity contribution is -0.160. The molecule has 1 saturated heterocycles. The molecule has 17 heavy (non-hydrogen) atoms. The first kappa shape index (κ1) is 13.5. The predicted molar refractivity (Wildman–Crippen MR) is 61.8 cm³/mol. The molecule has 1 aliphatic rings. The van der Waals surface area contributed by atoms with Gasteiger partial charge in [0.1, 0.15) is 12.2 Å². The molecule has 1 rings (SSSR count). The van der Waals surface area contributed by atoms with Crippen LogP contribution >= 0.6 is 0 Å². The van der Waals surface area contributed by atoms with Crippen molar-refractivity contribution in [1.29, 1.82) is 0 Å². The van der Waals surface area contributed by atoms with Gasteiger partial charge in [0, 0.05) is 13.6 Å². The standard InChI is InChI=1S/C11H18N2O4/c1-4-5-12(3)10(16)13-7-11(2,8-13)17-6-9(14)15/h4H,1,5-8H2,2-3H3,(H,14,15). The summed E-state index contributed by atoms with van der Waals surface area (Å²) in [6.07, 6.45) is 1.65. The number of rotatable bonds is 5. The molecule has 1 N–H and O–H groups in total. The van der Waals surface area contributed by atoms with Crippen LogP contribution in [-0.2, 0) is 9.53 Å². The number of carboxylic acid groups (broad SMARTS) is 1. The number of ether oxygens (including phenoxy) is 1. The van der Waals surface area contributed by atoms with E-state index < -0.39 is 11.6 Å². The Morgan fingerprint density at radius 2 is 2.18 bits per heavy atom. The monoisotopic (exact) mass is 242 g/mol. The van der Waals surface area contributed by atoms with Gasteiger partial charge in [-0.15, -0.1) is 6.58 Å². The van der Waals surface area contributed by atoms with Crippen LogP contribution in [0, 0.1) is 0 Å². The molecule has 0 spiro atoms. The van der Waals surface area contributed by atoms with Crippen molar-refractivity contribution >= 4 is 12.0 Å². The largest absolute Gasteiger partial charge is 0.480 e. The lowest BCUT2D eigenvalue weighted by Crippen LogP contribution is -2.65. The molecule has 0 unspecified atom stereocenters. The third-order valence-corrected chi connectivity index (χ3v) is 2.59. The zero-order valence-corrected chi connectivity index (χ0v) is 10.2. The number of urea groups is 1. The van der Waals surface area contributed by atoms with Crippen molar-refractivity contribution in [3.8, 4) is 0 Å². The van der Waals surface area contributed by atoms with Gasteiger partial charge in [-0.2, -0.15) is 0 Å². The summed E-state index contributed by atoms with van der Waals surface area (Å²) < 4.78 is 5.21. The molecule has 0 saturated carbocycles. The molecule has 96 valence electrons. The summed E-state index contributed by atoms with van der Waals surface area (Å²) >= 11 is 0. The van der Waals surface area contributed by atoms with Gasteiger partial charge in [0.15, 0.2) is 0 Å². The first-order chi connectivity index (χ1) is 7.88. The molecular weight excluding hydrogens is 224 g/mol. The van der Waals surface area contributed by atoms with E-state index in [0.717, 1.165) is 0 Å². The van der Waals surface area contributed by atoms with Crippen LogP contribution in [0.15, 0.2) is 12.7 Å². The number of likely N-dealkylation sites (N-methyl/N-ethyl adjacent to an activating group) is 1. The first-order valence-corrected chi connectivity index (χ1v) is 5.34. The van der Waals surface area contributed by atoms with Gasteiger partial charge in [0.2, 0.25) is 0 Å². The zero-order valence-electron chi connectivity index (χ0n) is 10.2. The molecule has 6 nitrogen and oxygen atoms in total. The molecule has 0 aromatic carbocycles. The minimum Gasteiger partial charge on any atom is -0.480 e. The molecule has 0 aromatic rings. The van der Waals surface area contributed by atoms with E-state index in [2.05, 4.69) is 6.58 Å². The van der Waals surface area contributed by atoms with Gasteiger partial charge in [-0.3, -0.25) is 0 Å². The number of likely N-dealkylation sites (tertiary alicyclic amines) is 1. The number of carbonyl (C=O) groups is 2. The average Bonchev–Trinajstić information content (AvgIpc) is 2.22. The minimum absolute atomic E-state index is 0.0960. The molecular formula is C11H18N2O4. The van der Waals surface area contributed by atoms with E-state index in [4.69, 9.17) is 9.84 Å². The Hall–Kier alpha value is -1.56. The second-order valence-electron chi connectivity index (χ2n) is 4.44. The SMILES string of the molecule is C=CCN(C)C(=O)N1CC(C)(OCC(=O)O)C1. The van der Waals surface area contributed by atoms with E-state index >= 15 is 0 Å². The van der Waals surface area contributed by atoms with Crippen molar-refractivity contribution in [2.24, 2.45) is 0 Å². The van der Waals surface area contributed by atoms with Crippen LogP contribution in [0.4, 0.5) is 4.79 Å². The molecule has 0 atom stereocenters. The van der Waals surface area contributed by atoms with Gasteiger partial charge in [-0.25, -0.2) is 9.59 Å². The molecule has 0 aliphatic carbocycles. The molecule has 1 aliphatic heterocycles. The van der Waals surface area contributed by atoms with Crippen LogP contribution in [0.5, 0.6) is 0 Å². The fourth-order valence-corrected chi connectivity index (χ4v) is 1.74. The number of hydrogen-bond donors (Lipinski definition) is 1. The normalized spacial score (nSPS) is 17.2. The van der Waals surface area contributed by atoms with Crippen LogP contribution in [0.2, 0.25) is 0 Å². The highest BCUT2D eigenvalue weighted by atomic mass is 16.5. The van der Waals surface area contributed by atoms with Crippen LogP contribution < -0.4 is 0 Å². The Morgan fingerprint density at radius 1 is 1.59 bits per heavy atom. The zero-order chi connectivity index (χ0) is 13.1. The lowest BCUT2D eigenvalue weighted by Gasteiger charge is -2.48. The predicted octanol–water partition coefficient (Wildman–Crippen LogP) is 0.400. The highest BCUT2D eigenvalue weighted by Crippen LogP contribution is 2.25. The topological polar surface area (TPSA) is 70.1 Å². The third-order valence-electron chi connectivity index (χ3n) is 2.59. The number of carboxylic acids is 1. The first-order valence-electron chi connectivity index (χ1n) is 5.34. The maximum atomic E-state index is 11.8. The number of carbonyl (C=O) groups excluding carboxylic acids is 1. The Morgan fingerprint density at radius 3 is 2.65 bits per heavy atom. The highest BCUT2D eigenvalue weighted by molar-refractivity contribution is 5.75. The van der Waals surface area contributed by atoms with Crippen molar-refractivity contribution in [1.82, 2.24) is 9.80 Å². The van der Waals surface area contributed by atoms with Crippen molar-refractivity contribution in [3.05, 3.63) is 12.7 Å². The second kappa shape index (κ2) is 5.18. The molecule has 0 radical (unpaired) electrons. The van der Waals surface area contributed by atoms with Crippen molar-refractivity contribution in [2.45, 2.75) is 12.5 Å². The highest BCUT2D eigenvalue weighted by Gasteiger charge is 2.43. The summed E-state index contributed by atoms with van der Waals surface area (Å²) in [5.41, 5.74) is -0.539. The van der Waals surface area contributed by atoms with E-state index in [1.165, 1.54) is 0 Å². The molecule has 1 fully saturated rings. The number of aliphatic carboxylic acids is 1. The molecule has 0 aromatic heterocycles. The van der Waals surface area contributed by atoms with E-state index in [9.17, 15) is 9.59 Å². The quantitative estimate of drug-likeness (QED) is 0.708. The van der Waals surface area contributed by atoms with Gasteiger partial charge < -0.3 is 19.6 Å². The van der Waals surface area contributed by atoms with E-state index in [1.54, 1.807) is 29.8 Å². The minimum atomic E-state index is -1.00. The van der Waals surface area contributed by atoms with E-state index in [1.807, 2.05) is 0 Å². The van der Waals surface area contributed by atoms with E-state index in [-0.39, 0.29) is 12.6 Å². The Balaban J connectivity index is 2.37. The molecule has 1 heterocycles. The van der Waals surface area contributed by atoms with Gasteiger partial charge in [0.25, 0.3) is 0 Å². The van der Waals surface area contributed by atoms with Crippen molar-refractivity contribution in [2.75, 3.05) is 33.3 Å². The third kappa shape index (κ3) is 3.45. The van der Waals surface area contributed by atoms with Crippen LogP contribution in [0.1, 0.15) is 6.92 Å². The van der Waals surface area contributed by atoms with Gasteiger partial charge in [-0.1, -0.05) is 6.08 Å². The van der Waals surface area contributed by atoms with Gasteiger partial charge >= 0.3 is 12.0 Å². The maximum Gasteiger partial charge on any atom is 0.329 e. The van der Waals surface area contributed by atoms with Crippen LogP contribution in [0.25, 0.3) is 0 Å².